The zero-order valence-electron chi connectivity index (χ0n) is 64.1. The first-order chi connectivity index (χ1) is 53.2. The summed E-state index contributed by atoms with van der Waals surface area (Å²) in [5, 5.41) is 7.54. The number of carboxylic acid groups (broad SMARTS) is 1. The van der Waals surface area contributed by atoms with Gasteiger partial charge in [0.15, 0.2) is 5.78 Å². The fourth-order valence-corrected chi connectivity index (χ4v) is 22.4. The lowest BCUT2D eigenvalue weighted by Crippen LogP contribution is -2.45. The molecular weight excluding hydrogens is 1610 g/mol. The van der Waals surface area contributed by atoms with Crippen molar-refractivity contribution in [2.75, 3.05) is 26.3 Å². The number of unbranched alkanes of at least 4 members (excludes halogenated alkanes) is 6. The van der Waals surface area contributed by atoms with Gasteiger partial charge in [0, 0.05) is 70.2 Å². The molecule has 2 aliphatic heterocycles. The molecule has 4 saturated carbocycles. The van der Waals surface area contributed by atoms with Crippen molar-refractivity contribution in [3.8, 4) is 0 Å². The molecule has 2 unspecified atom stereocenters. The summed E-state index contributed by atoms with van der Waals surface area (Å²) in [6, 6.07) is 20.5. The maximum atomic E-state index is 14.9. The third kappa shape index (κ3) is 25.6. The number of amides is 2. The molecule has 6 fully saturated rings. The van der Waals surface area contributed by atoms with E-state index in [-0.39, 0.29) is 138 Å². The topological polar surface area (TPSA) is 245 Å². The van der Waals surface area contributed by atoms with Gasteiger partial charge in [-0.1, -0.05) is 126 Å². The summed E-state index contributed by atoms with van der Waals surface area (Å²) in [6.07, 6.45) is 21.3. The molecule has 112 heavy (non-hydrogen) atoms. The molecule has 18 nitrogen and oxygen atoms in total. The number of ketones is 1. The zero-order chi connectivity index (χ0) is 80.5. The lowest BCUT2D eigenvalue weighted by Gasteiger charge is -2.32. The Bertz CT molecular complexity index is 3880. The first-order valence-corrected chi connectivity index (χ1v) is 44.4. The maximum absolute atomic E-state index is 14.9. The van der Waals surface area contributed by atoms with E-state index in [4.69, 9.17) is 33.7 Å². The maximum Gasteiger partial charge on any atom is 0.326 e. The summed E-state index contributed by atoms with van der Waals surface area (Å²) in [6.45, 7) is 19.5. The quantitative estimate of drug-likeness (QED) is 0.0138. The van der Waals surface area contributed by atoms with E-state index in [2.05, 4.69) is 58.2 Å². The van der Waals surface area contributed by atoms with Gasteiger partial charge in [-0.05, 0) is 182 Å². The van der Waals surface area contributed by atoms with Crippen molar-refractivity contribution in [3.05, 3.63) is 190 Å². The minimum atomic E-state index is -3.93. The van der Waals surface area contributed by atoms with E-state index >= 15 is 0 Å². The molecule has 0 aromatic heterocycles. The Morgan fingerprint density at radius 3 is 1.36 bits per heavy atom. The second kappa shape index (κ2) is 44.8. The van der Waals surface area contributed by atoms with Gasteiger partial charge in [-0.3, -0.25) is 33.1 Å². The van der Waals surface area contributed by atoms with Crippen molar-refractivity contribution in [2.45, 2.75) is 254 Å². The monoisotopic (exact) mass is 1730 g/mol. The fourth-order valence-electron chi connectivity index (χ4n) is 15.7. The number of esters is 2. The van der Waals surface area contributed by atoms with Crippen LogP contribution in [0.3, 0.4) is 0 Å². The number of nitrogens with two attached hydrogens (primary N) is 1. The number of ether oxygens (including phenoxy) is 4. The molecule has 4 aromatic rings. The van der Waals surface area contributed by atoms with Crippen LogP contribution in [-0.2, 0) is 91.4 Å². The standard InChI is InChI=1S/C43H55BrF2NO7P.C28H38BrNO6.C14H18F2NO2P.CH4/c1-4-7-8-9-10-14-31(23-41(49)54-34-15-11-12-16-34)42(50)47-27-35(52-28-30-19-21-33(44)22-20-30)24-39(47)40(48)26-43(25-32(43)5-2)55(51,53-6-3)29-36-37(45)17-13-18-38(36)46;1-2-3-4-5-6-9-21(16-26(31)36-23-10-7-8-11-23)27(32)30-18-24(17-25(30)28(33)34)35-19-20-12-14-22(29)15-13-20;1-3-10-8-14(10,17)20(18,19-4-2)9-11-12(15)6-5-7-13(11)16;/h4-5,13,17-22,31-32,34-35,39H,1-2,6-12,14-16,23-29H2,3H3;2,12-15,21,23-25H,1,3-11,16-19H2,(H,33,34);3,5-7,10H,1,4,8-9,17H2,2H3;1H4/t31-,32-,35+,39+,43-,55?;21-,24+,25+;10-,14+,20?;/m111./s1. The van der Waals surface area contributed by atoms with Gasteiger partial charge in [-0.2, -0.15) is 0 Å². The van der Waals surface area contributed by atoms with Crippen LogP contribution in [0.5, 0.6) is 0 Å². The van der Waals surface area contributed by atoms with E-state index in [1.54, 1.807) is 30.9 Å². The van der Waals surface area contributed by atoms with E-state index in [1.165, 1.54) is 17.0 Å². The van der Waals surface area contributed by atoms with Crippen LogP contribution >= 0.6 is 46.6 Å². The van der Waals surface area contributed by atoms with Gasteiger partial charge in [0.05, 0.1) is 75.0 Å². The normalized spacial score (nSPS) is 23.4. The molecule has 0 spiro atoms. The molecule has 4 aliphatic carbocycles. The molecule has 0 bridgehead atoms. The number of hydrogen-bond acceptors (Lipinski definition) is 15. The van der Waals surface area contributed by atoms with Crippen LogP contribution in [0.4, 0.5) is 17.6 Å². The van der Waals surface area contributed by atoms with Crippen LogP contribution in [0, 0.1) is 46.9 Å². The number of aliphatic carboxylic acids is 1. The molecule has 26 heteroatoms. The second-order valence-corrected chi connectivity index (χ2v) is 37.5. The highest BCUT2D eigenvalue weighted by Gasteiger charge is 2.67. The Balaban J connectivity index is 0.000000260. The molecule has 4 aromatic carbocycles. The van der Waals surface area contributed by atoms with Crippen LogP contribution < -0.4 is 5.73 Å². The molecule has 0 radical (unpaired) electrons. The predicted octanol–water partition coefficient (Wildman–Crippen LogP) is 20.2. The van der Waals surface area contributed by atoms with E-state index in [9.17, 15) is 60.6 Å². The molecule has 616 valence electrons. The van der Waals surface area contributed by atoms with Crippen LogP contribution in [0.25, 0.3) is 0 Å². The average molecular weight is 1730 g/mol. The molecule has 10 rings (SSSR count). The molecule has 12 atom stereocenters. The van der Waals surface area contributed by atoms with Gasteiger partial charge in [-0.15, -0.1) is 26.3 Å². The molecule has 2 saturated heterocycles. The largest absolute Gasteiger partial charge is 0.480 e. The Morgan fingerprint density at radius 2 is 0.973 bits per heavy atom. The van der Waals surface area contributed by atoms with Crippen molar-refractivity contribution < 1.29 is 88.6 Å². The van der Waals surface area contributed by atoms with Crippen molar-refractivity contribution >= 4 is 82.1 Å². The van der Waals surface area contributed by atoms with Crippen LogP contribution in [0.1, 0.15) is 204 Å². The summed E-state index contributed by atoms with van der Waals surface area (Å²) >= 11 is 6.86. The minimum absolute atomic E-state index is 0. The minimum Gasteiger partial charge on any atom is -0.480 e. The highest BCUT2D eigenvalue weighted by molar-refractivity contribution is 9.10. The van der Waals surface area contributed by atoms with Crippen LogP contribution in [0.15, 0.2) is 144 Å². The van der Waals surface area contributed by atoms with E-state index in [0.29, 0.717) is 38.7 Å². The molecule has 2 heterocycles. The Morgan fingerprint density at radius 1 is 0.571 bits per heavy atom. The number of carbonyl (C=O) groups is 6. The van der Waals surface area contributed by atoms with Gasteiger partial charge >= 0.3 is 17.9 Å². The Kier molecular flexibility index (Phi) is 37.2. The molecule has 3 N–H and O–H groups in total. The number of halogens is 6. The van der Waals surface area contributed by atoms with Crippen molar-refractivity contribution in [2.24, 2.45) is 29.4 Å². The number of carboxylic acids is 1. The number of benzene rings is 4. The Hall–Kier alpha value is -6.20. The third-order valence-electron chi connectivity index (χ3n) is 22.2. The van der Waals surface area contributed by atoms with Crippen molar-refractivity contribution in [1.82, 2.24) is 9.80 Å². The van der Waals surface area contributed by atoms with E-state index in [1.807, 2.05) is 60.7 Å². The van der Waals surface area contributed by atoms with Gasteiger partial charge < -0.3 is 48.6 Å². The fraction of sp³-hybridized carbons (Fsp3) is 0.558. The summed E-state index contributed by atoms with van der Waals surface area (Å²) in [4.78, 5) is 83.8. The van der Waals surface area contributed by atoms with Crippen molar-refractivity contribution in [1.29, 1.82) is 0 Å². The first kappa shape index (κ1) is 93.0. The number of hydrogen-bond donors (Lipinski definition) is 2. The highest BCUT2D eigenvalue weighted by atomic mass is 79.9. The lowest BCUT2D eigenvalue weighted by atomic mass is 9.94. The number of nitrogens with zero attached hydrogens (tertiary/aromatic N) is 2. The van der Waals surface area contributed by atoms with E-state index in [0.717, 1.165) is 141 Å². The zero-order valence-corrected chi connectivity index (χ0v) is 69.1. The molecule has 6 aliphatic rings. The summed E-state index contributed by atoms with van der Waals surface area (Å²) in [5.41, 5.74) is 7.43. The average Bonchev–Trinajstić information content (AvgIpc) is 1.55. The third-order valence-corrected chi connectivity index (χ3v) is 29.9. The number of Topliss-reactive ketones (excluding diaryl/α,β-unsaturated/α-hetero) is 1. The second-order valence-electron chi connectivity index (χ2n) is 30.1. The highest BCUT2D eigenvalue weighted by Crippen LogP contribution is 2.77. The first-order valence-electron chi connectivity index (χ1n) is 39.2. The number of carbonyl (C=O) groups excluding carboxylic acids is 5. The molecule has 2 amide bonds. The summed E-state index contributed by atoms with van der Waals surface area (Å²) in [5.74, 6) is -7.72. The van der Waals surface area contributed by atoms with Gasteiger partial charge in [0.2, 0.25) is 26.6 Å². The van der Waals surface area contributed by atoms with Crippen LogP contribution in [-0.4, -0.2) is 124 Å². The van der Waals surface area contributed by atoms with Gasteiger partial charge in [0.25, 0.3) is 0 Å². The summed E-state index contributed by atoms with van der Waals surface area (Å²) < 4.78 is 122. The summed E-state index contributed by atoms with van der Waals surface area (Å²) in [7, 11) is -7.34. The van der Waals surface area contributed by atoms with Gasteiger partial charge in [0.1, 0.15) is 46.8 Å². The Labute approximate surface area is 676 Å². The lowest BCUT2D eigenvalue weighted by molar-refractivity contribution is -0.155. The van der Waals surface area contributed by atoms with Crippen molar-refractivity contribution in [3.63, 3.8) is 0 Å². The molecular formula is C86H115Br2F4N3O15P2. The number of allylic oxidation sites excluding steroid dienone is 3. The predicted molar refractivity (Wildman–Crippen MR) is 434 cm³/mol. The smallest absolute Gasteiger partial charge is 0.326 e. The number of rotatable bonds is 42. The van der Waals surface area contributed by atoms with E-state index < -0.39 is 102 Å². The SMILES string of the molecule is C.C=CCCCCC[C@H](CC(=O)OC1CCCC1)C(=O)N1C[C@@H](OCc2ccc(Br)cc2)C[C@H]1C(=O)C[C@]1(P(=O)(Cc2c(F)cccc2F)OCC)C[C@H]1C=C.C=CCCCCC[C@H](CC(=O)OC1CCCC1)C(=O)N1C[C@@H](OCc2ccc(Br)cc2)C[C@H]1C(=O)O.C=C[C@@H]1C[C@]1(N)P(=O)(Cc1c(F)cccc1F)OCC. The number of likely N-dealkylation sites (tertiary alicyclic amines) is 2. The van der Waals surface area contributed by atoms with Crippen LogP contribution in [0.2, 0.25) is 0 Å². The van der Waals surface area contributed by atoms with Gasteiger partial charge in [-0.25, -0.2) is 22.4 Å².